The van der Waals surface area contributed by atoms with E-state index in [0.29, 0.717) is 10.8 Å². The standard InChI is InChI=1S/C19H14ClN5O/c1-11(26)24-15-10-12(5-8-22-15)17-16(14-4-2-3-7-21-14)19-18(25-17)13(20)6-9-23-19/h2-10,25H,1H3,(H,22,24,26). The summed E-state index contributed by atoms with van der Waals surface area (Å²) in [5.74, 6) is 0.292. The molecule has 0 saturated heterocycles. The topological polar surface area (TPSA) is 83.6 Å². The molecule has 0 saturated carbocycles. The van der Waals surface area contributed by atoms with Gasteiger partial charge in [-0.1, -0.05) is 17.7 Å². The fraction of sp³-hybridized carbons (Fsp3) is 0.0526. The van der Waals surface area contributed by atoms with Crippen molar-refractivity contribution in [3.05, 3.63) is 60.0 Å². The predicted molar refractivity (Wildman–Crippen MR) is 102 cm³/mol. The number of carbonyl (C=O) groups is 1. The summed E-state index contributed by atoms with van der Waals surface area (Å²) in [6.07, 6.45) is 5.05. The summed E-state index contributed by atoms with van der Waals surface area (Å²) in [6, 6.07) is 11.1. The molecule has 26 heavy (non-hydrogen) atoms. The Bertz CT molecular complexity index is 1110. The SMILES string of the molecule is CC(=O)Nc1cc(-c2[nH]c3c(Cl)ccnc3c2-c2ccccn2)ccn1. The van der Waals surface area contributed by atoms with Gasteiger partial charge in [0.25, 0.3) is 0 Å². The quantitative estimate of drug-likeness (QED) is 0.568. The first-order chi connectivity index (χ1) is 12.6. The van der Waals surface area contributed by atoms with Crippen LogP contribution in [0.2, 0.25) is 5.02 Å². The molecule has 6 nitrogen and oxygen atoms in total. The van der Waals surface area contributed by atoms with Crippen LogP contribution in [-0.2, 0) is 4.79 Å². The van der Waals surface area contributed by atoms with E-state index in [1.54, 1.807) is 30.7 Å². The molecule has 2 N–H and O–H groups in total. The fourth-order valence-electron chi connectivity index (χ4n) is 2.86. The van der Waals surface area contributed by atoms with E-state index in [0.717, 1.165) is 33.5 Å². The second-order valence-electron chi connectivity index (χ2n) is 5.72. The van der Waals surface area contributed by atoms with Gasteiger partial charge in [0.05, 0.1) is 33.0 Å². The molecule has 0 unspecified atom stereocenters. The van der Waals surface area contributed by atoms with Crippen LogP contribution in [0.4, 0.5) is 5.82 Å². The molecule has 4 heterocycles. The molecule has 7 heteroatoms. The summed E-state index contributed by atoms with van der Waals surface area (Å²) in [5.41, 5.74) is 4.77. The van der Waals surface area contributed by atoms with E-state index in [9.17, 15) is 4.79 Å². The van der Waals surface area contributed by atoms with E-state index < -0.39 is 0 Å². The molecule has 4 aromatic heterocycles. The summed E-state index contributed by atoms with van der Waals surface area (Å²) >= 11 is 6.36. The zero-order valence-corrected chi connectivity index (χ0v) is 14.6. The number of halogens is 1. The second kappa shape index (κ2) is 6.57. The van der Waals surface area contributed by atoms with Crippen molar-refractivity contribution in [2.45, 2.75) is 6.92 Å². The number of fused-ring (bicyclic) bond motifs is 1. The number of amides is 1. The predicted octanol–water partition coefficient (Wildman–Crippen LogP) is 4.30. The number of nitrogens with one attached hydrogen (secondary N) is 2. The average molecular weight is 364 g/mol. The first-order valence-corrected chi connectivity index (χ1v) is 8.33. The van der Waals surface area contributed by atoms with Crippen LogP contribution >= 0.6 is 11.6 Å². The third-order valence-corrected chi connectivity index (χ3v) is 4.23. The molecule has 128 valence electrons. The number of hydrogen-bond donors (Lipinski definition) is 2. The van der Waals surface area contributed by atoms with E-state index in [-0.39, 0.29) is 5.91 Å². The normalized spacial score (nSPS) is 10.8. The highest BCUT2D eigenvalue weighted by molar-refractivity contribution is 6.35. The van der Waals surface area contributed by atoms with Crippen molar-refractivity contribution in [3.63, 3.8) is 0 Å². The van der Waals surface area contributed by atoms with Gasteiger partial charge in [0, 0.05) is 31.1 Å². The number of aromatic nitrogens is 4. The largest absolute Gasteiger partial charge is 0.351 e. The molecule has 4 aromatic rings. The summed E-state index contributed by atoms with van der Waals surface area (Å²) in [5, 5.41) is 3.28. The first-order valence-electron chi connectivity index (χ1n) is 7.95. The van der Waals surface area contributed by atoms with Crippen molar-refractivity contribution in [2.24, 2.45) is 0 Å². The number of anilines is 1. The third kappa shape index (κ3) is 2.91. The summed E-state index contributed by atoms with van der Waals surface area (Å²) in [4.78, 5) is 27.8. The smallest absolute Gasteiger partial charge is 0.222 e. The minimum atomic E-state index is -0.180. The Morgan fingerprint density at radius 1 is 1.08 bits per heavy atom. The van der Waals surface area contributed by atoms with Gasteiger partial charge in [-0.15, -0.1) is 0 Å². The Labute approximate surface area is 154 Å². The molecule has 4 rings (SSSR count). The molecule has 0 bridgehead atoms. The summed E-state index contributed by atoms with van der Waals surface area (Å²) < 4.78 is 0. The van der Waals surface area contributed by atoms with Gasteiger partial charge < -0.3 is 10.3 Å². The van der Waals surface area contributed by atoms with Crippen molar-refractivity contribution in [1.82, 2.24) is 19.9 Å². The van der Waals surface area contributed by atoms with E-state index >= 15 is 0 Å². The molecule has 0 aliphatic rings. The number of aromatic amines is 1. The number of H-pyrrole nitrogens is 1. The lowest BCUT2D eigenvalue weighted by Crippen LogP contribution is -2.07. The average Bonchev–Trinajstić information content (AvgIpc) is 3.03. The second-order valence-corrected chi connectivity index (χ2v) is 6.12. The van der Waals surface area contributed by atoms with Gasteiger partial charge in [-0.25, -0.2) is 4.98 Å². The third-order valence-electron chi connectivity index (χ3n) is 3.91. The van der Waals surface area contributed by atoms with Crippen LogP contribution < -0.4 is 5.32 Å². The Morgan fingerprint density at radius 2 is 1.92 bits per heavy atom. The van der Waals surface area contributed by atoms with Crippen molar-refractivity contribution >= 4 is 34.4 Å². The highest BCUT2D eigenvalue weighted by Crippen LogP contribution is 2.38. The van der Waals surface area contributed by atoms with Crippen LogP contribution in [0, 0.1) is 0 Å². The monoisotopic (exact) mass is 363 g/mol. The zero-order chi connectivity index (χ0) is 18.1. The molecule has 0 aliphatic carbocycles. The molecule has 0 radical (unpaired) electrons. The van der Waals surface area contributed by atoms with Gasteiger partial charge in [0.2, 0.25) is 5.91 Å². The number of carbonyl (C=O) groups excluding carboxylic acids is 1. The van der Waals surface area contributed by atoms with Crippen molar-refractivity contribution in [2.75, 3.05) is 5.32 Å². The van der Waals surface area contributed by atoms with Gasteiger partial charge in [0.15, 0.2) is 0 Å². The maximum atomic E-state index is 11.3. The van der Waals surface area contributed by atoms with Gasteiger partial charge in [-0.05, 0) is 30.3 Å². The van der Waals surface area contributed by atoms with Crippen LogP contribution in [0.15, 0.2) is 55.0 Å². The van der Waals surface area contributed by atoms with E-state index in [1.807, 2.05) is 24.3 Å². The minimum Gasteiger partial charge on any atom is -0.351 e. The van der Waals surface area contributed by atoms with Crippen molar-refractivity contribution in [1.29, 1.82) is 0 Å². The molecular formula is C19H14ClN5O. The van der Waals surface area contributed by atoms with Crippen molar-refractivity contribution in [3.8, 4) is 22.5 Å². The maximum absolute atomic E-state index is 11.3. The molecule has 0 aliphatic heterocycles. The van der Waals surface area contributed by atoms with E-state index in [4.69, 9.17) is 11.6 Å². The van der Waals surface area contributed by atoms with Gasteiger partial charge in [-0.3, -0.25) is 14.8 Å². The van der Waals surface area contributed by atoms with Gasteiger partial charge in [-0.2, -0.15) is 0 Å². The highest BCUT2D eigenvalue weighted by atomic mass is 35.5. The van der Waals surface area contributed by atoms with E-state index in [2.05, 4.69) is 25.3 Å². The highest BCUT2D eigenvalue weighted by Gasteiger charge is 2.19. The first kappa shape index (κ1) is 16.2. The molecule has 0 fully saturated rings. The molecule has 1 amide bonds. The molecule has 0 spiro atoms. The van der Waals surface area contributed by atoms with Crippen LogP contribution in [0.25, 0.3) is 33.5 Å². The Morgan fingerprint density at radius 3 is 2.69 bits per heavy atom. The van der Waals surface area contributed by atoms with Crippen LogP contribution in [0.3, 0.4) is 0 Å². The van der Waals surface area contributed by atoms with Gasteiger partial charge >= 0.3 is 0 Å². The zero-order valence-electron chi connectivity index (χ0n) is 13.8. The Balaban J connectivity index is 1.98. The van der Waals surface area contributed by atoms with Gasteiger partial charge in [0.1, 0.15) is 5.82 Å². The van der Waals surface area contributed by atoms with Crippen LogP contribution in [0.5, 0.6) is 0 Å². The lowest BCUT2D eigenvalue weighted by Gasteiger charge is -2.06. The maximum Gasteiger partial charge on any atom is 0.222 e. The Kier molecular flexibility index (Phi) is 4.10. The number of rotatable bonds is 3. The molecule has 0 aromatic carbocycles. The summed E-state index contributed by atoms with van der Waals surface area (Å²) in [6.45, 7) is 1.44. The summed E-state index contributed by atoms with van der Waals surface area (Å²) in [7, 11) is 0. The number of nitrogens with zero attached hydrogens (tertiary/aromatic N) is 3. The molecular weight excluding hydrogens is 350 g/mol. The lowest BCUT2D eigenvalue weighted by atomic mass is 10.0. The lowest BCUT2D eigenvalue weighted by molar-refractivity contribution is -0.114. The fourth-order valence-corrected chi connectivity index (χ4v) is 3.06. The van der Waals surface area contributed by atoms with Crippen LogP contribution in [0.1, 0.15) is 6.92 Å². The molecule has 0 atom stereocenters. The van der Waals surface area contributed by atoms with Crippen LogP contribution in [-0.4, -0.2) is 25.8 Å². The van der Waals surface area contributed by atoms with Crippen molar-refractivity contribution < 1.29 is 4.79 Å². The van der Waals surface area contributed by atoms with E-state index in [1.165, 1.54) is 6.92 Å². The minimum absolute atomic E-state index is 0.180. The Hall–Kier alpha value is -3.25. The number of hydrogen-bond acceptors (Lipinski definition) is 4. The number of pyridine rings is 3.